The molecule has 308 valence electrons. The van der Waals surface area contributed by atoms with E-state index in [1.54, 1.807) is 30.3 Å². The molecule has 0 saturated carbocycles. The number of ether oxygens (including phenoxy) is 2. The van der Waals surface area contributed by atoms with Gasteiger partial charge in [0.2, 0.25) is 0 Å². The van der Waals surface area contributed by atoms with E-state index in [1.807, 2.05) is 79.8 Å². The van der Waals surface area contributed by atoms with Crippen LogP contribution in [0.4, 0.5) is 5.82 Å². The lowest BCUT2D eigenvalue weighted by Crippen LogP contribution is -2.22. The molecule has 0 radical (unpaired) electrons. The van der Waals surface area contributed by atoms with Crippen molar-refractivity contribution in [3.63, 3.8) is 0 Å². The molecular weight excluding hydrogens is 826 g/mol. The summed E-state index contributed by atoms with van der Waals surface area (Å²) < 4.78 is 10.2. The first-order chi connectivity index (χ1) is 29.8. The monoisotopic (exact) mass is 873 g/mol. The van der Waals surface area contributed by atoms with Crippen molar-refractivity contribution < 1.29 is 19.1 Å². The highest BCUT2D eigenvalue weighted by Crippen LogP contribution is 2.30. The number of hydrogen-bond donors (Lipinski definition) is 0. The van der Waals surface area contributed by atoms with E-state index >= 15 is 0 Å². The highest BCUT2D eigenvalue weighted by molar-refractivity contribution is 9.10. The minimum Gasteiger partial charge on any atom is -0.465 e. The molecule has 0 saturated heterocycles. The molecule has 0 spiro atoms. The van der Waals surface area contributed by atoms with Crippen LogP contribution in [-0.4, -0.2) is 59.7 Å². The van der Waals surface area contributed by atoms with Crippen molar-refractivity contribution in [1.82, 2.24) is 19.9 Å². The van der Waals surface area contributed by atoms with Gasteiger partial charge in [-0.1, -0.05) is 135 Å². The summed E-state index contributed by atoms with van der Waals surface area (Å²) >= 11 is 3.44. The van der Waals surface area contributed by atoms with Gasteiger partial charge in [-0.05, 0) is 82.7 Å². The smallest absolute Gasteiger partial charge is 0.337 e. The Morgan fingerprint density at radius 3 is 1.48 bits per heavy atom. The molecule has 0 amide bonds. The summed E-state index contributed by atoms with van der Waals surface area (Å²) in [4.78, 5) is 44.5. The number of unbranched alkanes of at least 4 members (excludes halogenated alkanes) is 1. The van der Waals surface area contributed by atoms with Gasteiger partial charge in [-0.25, -0.2) is 29.5 Å². The Bertz CT molecular complexity index is 2670. The minimum atomic E-state index is -0.387. The van der Waals surface area contributed by atoms with Crippen LogP contribution in [0.15, 0.2) is 162 Å². The maximum absolute atomic E-state index is 11.9. The third kappa shape index (κ3) is 11.9. The fourth-order valence-electron chi connectivity index (χ4n) is 6.48. The molecule has 6 aromatic carbocycles. The van der Waals surface area contributed by atoms with Gasteiger partial charge in [-0.2, -0.15) is 0 Å². The Morgan fingerprint density at radius 2 is 0.984 bits per heavy atom. The van der Waals surface area contributed by atoms with Crippen molar-refractivity contribution in [2.75, 3.05) is 32.7 Å². The normalized spacial score (nSPS) is 10.5. The van der Waals surface area contributed by atoms with E-state index in [2.05, 4.69) is 92.3 Å². The van der Waals surface area contributed by atoms with Crippen molar-refractivity contribution in [3.05, 3.63) is 185 Å². The summed E-state index contributed by atoms with van der Waals surface area (Å²) in [5.41, 5.74) is 10.0. The van der Waals surface area contributed by atoms with E-state index in [0.717, 1.165) is 52.3 Å². The van der Waals surface area contributed by atoms with Gasteiger partial charge in [-0.15, -0.1) is 0 Å². The quantitative estimate of drug-likeness (QED) is 0.117. The summed E-state index contributed by atoms with van der Waals surface area (Å²) in [6, 6.07) is 51.3. The zero-order chi connectivity index (χ0) is 43.0. The van der Waals surface area contributed by atoms with Crippen LogP contribution in [0.5, 0.6) is 0 Å². The van der Waals surface area contributed by atoms with E-state index < -0.39 is 0 Å². The van der Waals surface area contributed by atoms with Crippen LogP contribution < -0.4 is 4.90 Å². The molecule has 0 atom stereocenters. The summed E-state index contributed by atoms with van der Waals surface area (Å²) in [5, 5.41) is 0. The van der Waals surface area contributed by atoms with Crippen LogP contribution in [0.3, 0.4) is 0 Å². The number of anilines is 1. The van der Waals surface area contributed by atoms with E-state index in [-0.39, 0.29) is 11.9 Å². The predicted octanol–water partition coefficient (Wildman–Crippen LogP) is 11.6. The third-order valence-electron chi connectivity index (χ3n) is 9.81. The number of likely N-dealkylation sites (N-methyl/N-ethyl adjacent to an activating group) is 1. The highest BCUT2D eigenvalue weighted by Gasteiger charge is 2.17. The van der Waals surface area contributed by atoms with Crippen LogP contribution in [0.25, 0.3) is 44.6 Å². The number of methoxy groups -OCH3 is 2. The molecule has 2 heterocycles. The SMILES string of the molecule is CCCCc1ccccc1.COC(=O)c1ccc2nc(-c3ccccc3)c(Br)nc2c1.COC(=O)c1ccc2nc(-c3ccccc3)c(N(C)CCc3ccccc3)nc2c1. The first kappa shape index (κ1) is 43.8. The van der Waals surface area contributed by atoms with Crippen molar-refractivity contribution in [3.8, 4) is 22.5 Å². The molecule has 0 aliphatic rings. The third-order valence-corrected chi connectivity index (χ3v) is 10.4. The zero-order valence-electron chi connectivity index (χ0n) is 34.8. The molecule has 0 N–H and O–H groups in total. The zero-order valence-corrected chi connectivity index (χ0v) is 36.4. The Kier molecular flexibility index (Phi) is 15.8. The van der Waals surface area contributed by atoms with Crippen molar-refractivity contribution in [2.24, 2.45) is 0 Å². The predicted molar refractivity (Wildman–Crippen MR) is 249 cm³/mol. The van der Waals surface area contributed by atoms with Gasteiger partial charge in [-0.3, -0.25) is 0 Å². The number of carbonyl (C=O) groups excluding carboxylic acids is 2. The molecule has 0 unspecified atom stereocenters. The maximum Gasteiger partial charge on any atom is 0.337 e. The van der Waals surface area contributed by atoms with E-state index in [1.165, 1.54) is 44.6 Å². The number of rotatable bonds is 11. The van der Waals surface area contributed by atoms with E-state index in [0.29, 0.717) is 26.8 Å². The van der Waals surface area contributed by atoms with Gasteiger partial charge in [0.15, 0.2) is 5.82 Å². The number of hydrogen-bond acceptors (Lipinski definition) is 9. The Morgan fingerprint density at radius 1 is 0.541 bits per heavy atom. The molecule has 9 nitrogen and oxygen atoms in total. The molecular formula is C51H48BrN5O4. The lowest BCUT2D eigenvalue weighted by molar-refractivity contribution is 0.0592. The second-order valence-electron chi connectivity index (χ2n) is 14.1. The van der Waals surface area contributed by atoms with Crippen LogP contribution >= 0.6 is 15.9 Å². The molecule has 61 heavy (non-hydrogen) atoms. The van der Waals surface area contributed by atoms with E-state index in [4.69, 9.17) is 19.4 Å². The highest BCUT2D eigenvalue weighted by atomic mass is 79.9. The first-order valence-corrected chi connectivity index (χ1v) is 20.9. The summed E-state index contributed by atoms with van der Waals surface area (Å²) in [6.45, 7) is 3.02. The van der Waals surface area contributed by atoms with Crippen LogP contribution in [-0.2, 0) is 22.3 Å². The summed E-state index contributed by atoms with van der Waals surface area (Å²) in [5.74, 6) is 0.0124. The molecule has 10 heteroatoms. The maximum atomic E-state index is 11.9. The van der Waals surface area contributed by atoms with Gasteiger partial charge in [0.25, 0.3) is 0 Å². The lowest BCUT2D eigenvalue weighted by atomic mass is 10.1. The number of benzene rings is 6. The molecule has 8 rings (SSSR count). The van der Waals surface area contributed by atoms with Gasteiger partial charge in [0.1, 0.15) is 16.0 Å². The number of aromatic nitrogens is 4. The Labute approximate surface area is 365 Å². The molecule has 0 aliphatic heterocycles. The topological polar surface area (TPSA) is 107 Å². The van der Waals surface area contributed by atoms with Crippen molar-refractivity contribution in [2.45, 2.75) is 32.6 Å². The summed E-state index contributed by atoms with van der Waals surface area (Å²) in [6.07, 6.45) is 4.73. The number of carbonyl (C=O) groups is 2. The molecule has 2 aromatic heterocycles. The van der Waals surface area contributed by atoms with Crippen molar-refractivity contribution >= 4 is 55.8 Å². The average molecular weight is 875 g/mol. The summed E-state index contributed by atoms with van der Waals surface area (Å²) in [7, 11) is 4.75. The van der Waals surface area contributed by atoms with Crippen LogP contribution in [0, 0.1) is 0 Å². The molecule has 8 aromatic rings. The average Bonchev–Trinajstić information content (AvgIpc) is 3.32. The second kappa shape index (κ2) is 22.0. The fourth-order valence-corrected chi connectivity index (χ4v) is 6.98. The van der Waals surface area contributed by atoms with Gasteiger partial charge in [0.05, 0.1) is 47.4 Å². The number of esters is 2. The van der Waals surface area contributed by atoms with Gasteiger partial charge in [0, 0.05) is 24.7 Å². The van der Waals surface area contributed by atoms with E-state index in [9.17, 15) is 9.59 Å². The fraction of sp³-hybridized carbons (Fsp3) is 0.176. The van der Waals surface area contributed by atoms with Gasteiger partial charge < -0.3 is 14.4 Å². The largest absolute Gasteiger partial charge is 0.465 e. The standard InChI is InChI=1S/C25H23N3O2.C16H11BrN2O2.C10H14/c1-28(16-15-18-9-5-3-6-10-18)24-23(19-11-7-4-8-12-19)26-21-14-13-20(25(29)30-2)17-22(21)27-24;1-21-16(20)11-7-8-12-13(9-11)19-15(17)14(18-12)10-5-3-2-4-6-10;1-2-3-7-10-8-5-4-6-9-10/h3-14,17H,15-16H2,1-2H3;2-9H,1H3;4-6,8-9H,2-3,7H2,1H3. The molecule has 0 aliphatic carbocycles. The van der Waals surface area contributed by atoms with Crippen molar-refractivity contribution in [1.29, 1.82) is 0 Å². The lowest BCUT2D eigenvalue weighted by Gasteiger charge is -2.21. The Hall–Kier alpha value is -6.78. The van der Waals surface area contributed by atoms with Crippen LogP contribution in [0.1, 0.15) is 51.6 Å². The number of fused-ring (bicyclic) bond motifs is 2. The molecule has 0 bridgehead atoms. The second-order valence-corrected chi connectivity index (χ2v) is 14.9. The van der Waals surface area contributed by atoms with Gasteiger partial charge >= 0.3 is 11.9 Å². The first-order valence-electron chi connectivity index (χ1n) is 20.1. The van der Waals surface area contributed by atoms with Crippen LogP contribution in [0.2, 0.25) is 0 Å². The molecule has 0 fully saturated rings. The number of nitrogens with zero attached hydrogens (tertiary/aromatic N) is 5. The number of halogens is 1. The number of aryl methyl sites for hydroxylation is 1. The minimum absolute atomic E-state index is 0.384. The Balaban J connectivity index is 0.000000173.